The van der Waals surface area contributed by atoms with E-state index >= 15 is 0 Å². The van der Waals surface area contributed by atoms with Gasteiger partial charge < -0.3 is 10.1 Å². The third kappa shape index (κ3) is 6.03. The van der Waals surface area contributed by atoms with Gasteiger partial charge in [-0.05, 0) is 45.8 Å². The van der Waals surface area contributed by atoms with Gasteiger partial charge in [0.1, 0.15) is 24.0 Å². The zero-order valence-corrected chi connectivity index (χ0v) is 19.6. The van der Waals surface area contributed by atoms with Crippen molar-refractivity contribution < 1.29 is 14.5 Å². The van der Waals surface area contributed by atoms with Crippen molar-refractivity contribution in [3.8, 4) is 11.8 Å². The number of nitro groups is 1. The molecule has 9 heteroatoms. The molecule has 0 aromatic heterocycles. The quantitative estimate of drug-likeness (QED) is 0.160. The van der Waals surface area contributed by atoms with Gasteiger partial charge in [0, 0.05) is 27.9 Å². The van der Waals surface area contributed by atoms with Gasteiger partial charge in [0.05, 0.1) is 9.40 Å². The summed E-state index contributed by atoms with van der Waals surface area (Å²) in [6, 6.07) is 20.5. The average molecular weight is 557 g/mol. The molecule has 0 heterocycles. The van der Waals surface area contributed by atoms with Crippen LogP contribution >= 0.6 is 31.9 Å². The van der Waals surface area contributed by atoms with Crippen LogP contribution in [0.15, 0.2) is 81.2 Å². The van der Waals surface area contributed by atoms with E-state index in [9.17, 15) is 20.2 Å². The summed E-state index contributed by atoms with van der Waals surface area (Å²) in [6.07, 6.45) is 1.41. The summed E-state index contributed by atoms with van der Waals surface area (Å²) >= 11 is 6.87. The van der Waals surface area contributed by atoms with Crippen molar-refractivity contribution >= 4 is 55.2 Å². The summed E-state index contributed by atoms with van der Waals surface area (Å²) in [6.45, 7) is 0.295. The molecule has 0 saturated heterocycles. The fourth-order valence-electron chi connectivity index (χ4n) is 2.77. The second kappa shape index (κ2) is 10.7. The average Bonchev–Trinajstić information content (AvgIpc) is 2.77. The topological polar surface area (TPSA) is 105 Å². The number of rotatable bonds is 7. The molecule has 0 saturated carbocycles. The highest BCUT2D eigenvalue weighted by molar-refractivity contribution is 9.11. The van der Waals surface area contributed by atoms with E-state index < -0.39 is 10.8 Å². The zero-order valence-electron chi connectivity index (χ0n) is 16.4. The van der Waals surface area contributed by atoms with E-state index in [1.165, 1.54) is 30.3 Å². The number of nitrogens with one attached hydrogen (secondary N) is 1. The Kier molecular flexibility index (Phi) is 7.76. The van der Waals surface area contributed by atoms with Gasteiger partial charge in [-0.3, -0.25) is 14.9 Å². The Balaban J connectivity index is 1.89. The molecule has 1 amide bonds. The number of amides is 1. The maximum atomic E-state index is 12.7. The minimum Gasteiger partial charge on any atom is -0.487 e. The number of hydrogen-bond acceptors (Lipinski definition) is 5. The van der Waals surface area contributed by atoms with E-state index in [-0.39, 0.29) is 16.9 Å². The molecule has 0 spiro atoms. The Labute approximate surface area is 200 Å². The maximum Gasteiger partial charge on any atom is 0.271 e. The number of anilines is 1. The zero-order chi connectivity index (χ0) is 23.1. The van der Waals surface area contributed by atoms with Crippen molar-refractivity contribution in [2.24, 2.45) is 0 Å². The molecule has 0 aliphatic rings. The van der Waals surface area contributed by atoms with Gasteiger partial charge in [-0.1, -0.05) is 52.3 Å². The first kappa shape index (κ1) is 23.2. The highest BCUT2D eigenvalue weighted by Crippen LogP contribution is 2.35. The van der Waals surface area contributed by atoms with Crippen LogP contribution < -0.4 is 10.1 Å². The van der Waals surface area contributed by atoms with Gasteiger partial charge >= 0.3 is 0 Å². The number of ether oxygens (including phenoxy) is 1. The SMILES string of the molecule is N#C/C(=C\c1cc(Br)cc(Br)c1OCc1ccccc1)C(=O)Nc1cccc([N+](=O)[O-])c1. The number of nitrogens with zero attached hydrogens (tertiary/aromatic N) is 2. The number of halogens is 2. The van der Waals surface area contributed by atoms with Crippen LogP contribution in [0.25, 0.3) is 6.08 Å². The summed E-state index contributed by atoms with van der Waals surface area (Å²) < 4.78 is 7.33. The number of benzene rings is 3. The molecule has 0 atom stereocenters. The molecular weight excluding hydrogens is 542 g/mol. The van der Waals surface area contributed by atoms with E-state index in [4.69, 9.17) is 4.74 Å². The van der Waals surface area contributed by atoms with Crippen molar-refractivity contribution in [2.75, 3.05) is 5.32 Å². The van der Waals surface area contributed by atoms with Gasteiger partial charge in [0.25, 0.3) is 11.6 Å². The van der Waals surface area contributed by atoms with E-state index in [1.54, 1.807) is 12.1 Å². The molecule has 32 heavy (non-hydrogen) atoms. The summed E-state index contributed by atoms with van der Waals surface area (Å²) in [4.78, 5) is 23.0. The van der Waals surface area contributed by atoms with Crippen LogP contribution in [0.1, 0.15) is 11.1 Å². The molecule has 160 valence electrons. The smallest absolute Gasteiger partial charge is 0.271 e. The highest BCUT2D eigenvalue weighted by atomic mass is 79.9. The van der Waals surface area contributed by atoms with Crippen LogP contribution in [-0.4, -0.2) is 10.8 Å². The molecule has 0 radical (unpaired) electrons. The fraction of sp³-hybridized carbons (Fsp3) is 0.0435. The van der Waals surface area contributed by atoms with Gasteiger partial charge in [0.15, 0.2) is 0 Å². The van der Waals surface area contributed by atoms with Crippen LogP contribution in [0.2, 0.25) is 0 Å². The second-order valence-electron chi connectivity index (χ2n) is 6.51. The van der Waals surface area contributed by atoms with Crippen molar-refractivity contribution in [3.63, 3.8) is 0 Å². The Hall–Kier alpha value is -3.48. The van der Waals surface area contributed by atoms with Crippen LogP contribution in [0.4, 0.5) is 11.4 Å². The predicted molar refractivity (Wildman–Crippen MR) is 128 cm³/mol. The van der Waals surface area contributed by atoms with Gasteiger partial charge in [-0.2, -0.15) is 5.26 Å². The lowest BCUT2D eigenvalue weighted by atomic mass is 10.1. The fourth-order valence-corrected chi connectivity index (χ4v) is 4.14. The van der Waals surface area contributed by atoms with E-state index in [0.29, 0.717) is 22.4 Å². The highest BCUT2D eigenvalue weighted by Gasteiger charge is 2.15. The lowest BCUT2D eigenvalue weighted by Crippen LogP contribution is -2.13. The molecule has 1 N–H and O–H groups in total. The minimum absolute atomic E-state index is 0.169. The first-order chi connectivity index (χ1) is 15.4. The normalized spacial score (nSPS) is 10.8. The first-order valence-electron chi connectivity index (χ1n) is 9.20. The molecule has 3 aromatic carbocycles. The minimum atomic E-state index is -0.696. The molecule has 0 fully saturated rings. The third-order valence-corrected chi connectivity index (χ3v) is 5.29. The molecule has 7 nitrogen and oxygen atoms in total. The number of carbonyl (C=O) groups is 1. The molecule has 0 aliphatic heterocycles. The number of nitriles is 1. The molecular formula is C23H15Br2N3O4. The molecule has 3 rings (SSSR count). The molecule has 0 unspecified atom stereocenters. The molecule has 3 aromatic rings. The molecule has 0 aliphatic carbocycles. The number of carbonyl (C=O) groups excluding carboxylic acids is 1. The Bertz CT molecular complexity index is 1240. The monoisotopic (exact) mass is 555 g/mol. The lowest BCUT2D eigenvalue weighted by molar-refractivity contribution is -0.384. The van der Waals surface area contributed by atoms with Gasteiger partial charge in [-0.15, -0.1) is 0 Å². The van der Waals surface area contributed by atoms with Crippen LogP contribution in [-0.2, 0) is 11.4 Å². The summed E-state index contributed by atoms with van der Waals surface area (Å²) in [5.74, 6) is -0.231. The van der Waals surface area contributed by atoms with E-state index in [0.717, 1.165) is 10.0 Å². The summed E-state index contributed by atoms with van der Waals surface area (Å²) in [5.41, 5.74) is 1.32. The predicted octanol–water partition coefficient (Wildman–Crippen LogP) is 6.24. The summed E-state index contributed by atoms with van der Waals surface area (Å²) in [7, 11) is 0. The number of nitro benzene ring substituents is 1. The Morgan fingerprint density at radius 2 is 1.88 bits per heavy atom. The second-order valence-corrected chi connectivity index (χ2v) is 8.28. The van der Waals surface area contributed by atoms with Crippen molar-refractivity contribution in [3.05, 3.63) is 102 Å². The Morgan fingerprint density at radius 3 is 2.56 bits per heavy atom. The van der Waals surface area contributed by atoms with Crippen molar-refractivity contribution in [1.82, 2.24) is 0 Å². The van der Waals surface area contributed by atoms with E-state index in [1.807, 2.05) is 36.4 Å². The maximum absolute atomic E-state index is 12.7. The summed E-state index contributed by atoms with van der Waals surface area (Å²) in [5, 5.41) is 23.0. The van der Waals surface area contributed by atoms with Crippen molar-refractivity contribution in [1.29, 1.82) is 5.26 Å². The van der Waals surface area contributed by atoms with Gasteiger partial charge in [-0.25, -0.2) is 0 Å². The lowest BCUT2D eigenvalue weighted by Gasteiger charge is -2.13. The standard InChI is InChI=1S/C23H15Br2N3O4/c24-18-10-16(22(21(25)11-18)32-14-15-5-2-1-3-6-15)9-17(13-26)23(29)27-19-7-4-8-20(12-19)28(30)31/h1-12H,14H2,(H,27,29)/b17-9+. The van der Waals surface area contributed by atoms with Crippen LogP contribution in [0.3, 0.4) is 0 Å². The van der Waals surface area contributed by atoms with Crippen molar-refractivity contribution in [2.45, 2.75) is 6.61 Å². The van der Waals surface area contributed by atoms with Gasteiger partial charge in [0.2, 0.25) is 0 Å². The van der Waals surface area contributed by atoms with E-state index in [2.05, 4.69) is 37.2 Å². The van der Waals surface area contributed by atoms with Crippen LogP contribution in [0, 0.1) is 21.4 Å². The number of hydrogen-bond donors (Lipinski definition) is 1. The Morgan fingerprint density at radius 1 is 1.12 bits per heavy atom. The third-order valence-electron chi connectivity index (χ3n) is 4.24. The largest absolute Gasteiger partial charge is 0.487 e. The number of non-ortho nitro benzene ring substituents is 1. The first-order valence-corrected chi connectivity index (χ1v) is 10.8. The van der Waals surface area contributed by atoms with Crippen LogP contribution in [0.5, 0.6) is 5.75 Å². The molecule has 0 bridgehead atoms.